The Bertz CT molecular complexity index is 642. The Morgan fingerprint density at radius 3 is 2.43 bits per heavy atom. The SMILES string of the molecule is O=C(O)COc1cc(OCc2nn[nH]n2)cc(C(=O)O)c1. The quantitative estimate of drug-likeness (QED) is 0.638. The highest BCUT2D eigenvalue weighted by Gasteiger charge is 2.11. The molecule has 0 saturated heterocycles. The topological polar surface area (TPSA) is 148 Å². The van der Waals surface area contributed by atoms with Crippen molar-refractivity contribution in [1.82, 2.24) is 20.6 Å². The highest BCUT2D eigenvalue weighted by atomic mass is 16.5. The van der Waals surface area contributed by atoms with Crippen molar-refractivity contribution in [2.45, 2.75) is 6.61 Å². The van der Waals surface area contributed by atoms with E-state index >= 15 is 0 Å². The fourth-order valence-electron chi connectivity index (χ4n) is 1.40. The molecule has 0 bridgehead atoms. The Morgan fingerprint density at radius 1 is 1.14 bits per heavy atom. The van der Waals surface area contributed by atoms with Crippen molar-refractivity contribution in [1.29, 1.82) is 0 Å². The lowest BCUT2D eigenvalue weighted by molar-refractivity contribution is -0.139. The number of ether oxygens (including phenoxy) is 2. The zero-order chi connectivity index (χ0) is 15.2. The van der Waals surface area contributed by atoms with Crippen LogP contribution in [0.4, 0.5) is 0 Å². The van der Waals surface area contributed by atoms with Gasteiger partial charge in [0, 0.05) is 6.07 Å². The largest absolute Gasteiger partial charge is 0.485 e. The summed E-state index contributed by atoms with van der Waals surface area (Å²) >= 11 is 0. The minimum absolute atomic E-state index is 0.0298. The van der Waals surface area contributed by atoms with Crippen molar-refractivity contribution < 1.29 is 29.3 Å². The van der Waals surface area contributed by atoms with Crippen molar-refractivity contribution in [2.24, 2.45) is 0 Å². The molecule has 0 radical (unpaired) electrons. The normalized spacial score (nSPS) is 10.1. The second-order valence-corrected chi connectivity index (χ2v) is 3.80. The van der Waals surface area contributed by atoms with Gasteiger partial charge in [-0.25, -0.2) is 9.59 Å². The third-order valence-electron chi connectivity index (χ3n) is 2.25. The first kappa shape index (κ1) is 14.2. The zero-order valence-corrected chi connectivity index (χ0v) is 10.5. The van der Waals surface area contributed by atoms with Gasteiger partial charge < -0.3 is 19.7 Å². The Morgan fingerprint density at radius 2 is 1.86 bits per heavy atom. The van der Waals surface area contributed by atoms with Crippen LogP contribution < -0.4 is 9.47 Å². The Kier molecular flexibility index (Phi) is 4.29. The first-order valence-electron chi connectivity index (χ1n) is 5.62. The van der Waals surface area contributed by atoms with E-state index in [4.69, 9.17) is 19.7 Å². The molecule has 0 amide bonds. The molecule has 2 aromatic rings. The van der Waals surface area contributed by atoms with Crippen LogP contribution in [0, 0.1) is 0 Å². The van der Waals surface area contributed by atoms with E-state index < -0.39 is 18.5 Å². The highest BCUT2D eigenvalue weighted by Crippen LogP contribution is 2.23. The first-order valence-corrected chi connectivity index (χ1v) is 5.62. The summed E-state index contributed by atoms with van der Waals surface area (Å²) in [5.74, 6) is -1.84. The molecule has 1 aromatic heterocycles. The summed E-state index contributed by atoms with van der Waals surface area (Å²) in [6, 6.07) is 3.85. The summed E-state index contributed by atoms with van der Waals surface area (Å²) in [5, 5.41) is 30.5. The Labute approximate surface area is 117 Å². The molecule has 0 aliphatic rings. The van der Waals surface area contributed by atoms with Gasteiger partial charge in [-0.05, 0) is 12.1 Å². The maximum absolute atomic E-state index is 11.0. The number of carbonyl (C=O) groups is 2. The van der Waals surface area contributed by atoms with Crippen molar-refractivity contribution in [3.05, 3.63) is 29.6 Å². The number of aliphatic carboxylic acids is 1. The number of carboxylic acids is 2. The van der Waals surface area contributed by atoms with Gasteiger partial charge in [-0.1, -0.05) is 5.21 Å². The van der Waals surface area contributed by atoms with Gasteiger partial charge in [0.15, 0.2) is 13.2 Å². The van der Waals surface area contributed by atoms with Gasteiger partial charge >= 0.3 is 11.9 Å². The van der Waals surface area contributed by atoms with Gasteiger partial charge in [0.25, 0.3) is 0 Å². The predicted octanol–water partition coefficient (Wildman–Crippen LogP) is -0.0597. The molecule has 110 valence electrons. The maximum Gasteiger partial charge on any atom is 0.341 e. The fraction of sp³-hybridized carbons (Fsp3) is 0.182. The van der Waals surface area contributed by atoms with Crippen molar-refractivity contribution >= 4 is 11.9 Å². The van der Waals surface area contributed by atoms with E-state index in [1.165, 1.54) is 18.2 Å². The number of hydrogen-bond acceptors (Lipinski definition) is 7. The van der Waals surface area contributed by atoms with Gasteiger partial charge in [-0.15, -0.1) is 10.2 Å². The number of benzene rings is 1. The number of H-pyrrole nitrogens is 1. The van der Waals surface area contributed by atoms with E-state index in [2.05, 4.69) is 20.6 Å². The van der Waals surface area contributed by atoms with Gasteiger partial charge in [0.05, 0.1) is 5.56 Å². The monoisotopic (exact) mass is 294 g/mol. The van der Waals surface area contributed by atoms with Crippen LogP contribution in [0.15, 0.2) is 18.2 Å². The van der Waals surface area contributed by atoms with Crippen LogP contribution >= 0.6 is 0 Å². The molecule has 2 rings (SSSR count). The number of aromatic amines is 1. The number of rotatable bonds is 7. The summed E-state index contributed by atoms with van der Waals surface area (Å²) in [6.45, 7) is -0.620. The summed E-state index contributed by atoms with van der Waals surface area (Å²) in [4.78, 5) is 21.5. The molecule has 21 heavy (non-hydrogen) atoms. The predicted molar refractivity (Wildman–Crippen MR) is 65.0 cm³/mol. The number of tetrazole rings is 1. The van der Waals surface area contributed by atoms with Gasteiger partial charge in [0.2, 0.25) is 5.82 Å². The number of nitrogens with zero attached hydrogens (tertiary/aromatic N) is 3. The summed E-state index contributed by atoms with van der Waals surface area (Å²) in [5.41, 5.74) is -0.0963. The molecule has 1 aromatic carbocycles. The van der Waals surface area contributed by atoms with Crippen LogP contribution in [-0.2, 0) is 11.4 Å². The minimum Gasteiger partial charge on any atom is -0.485 e. The number of nitrogens with one attached hydrogen (secondary N) is 1. The minimum atomic E-state index is -1.19. The second kappa shape index (κ2) is 6.32. The lowest BCUT2D eigenvalue weighted by Crippen LogP contribution is -2.10. The molecule has 1 heterocycles. The van der Waals surface area contributed by atoms with E-state index in [1.54, 1.807) is 0 Å². The van der Waals surface area contributed by atoms with Crippen LogP contribution in [-0.4, -0.2) is 49.4 Å². The van der Waals surface area contributed by atoms with Crippen molar-refractivity contribution in [3.63, 3.8) is 0 Å². The third-order valence-corrected chi connectivity index (χ3v) is 2.25. The van der Waals surface area contributed by atoms with Crippen molar-refractivity contribution in [3.8, 4) is 11.5 Å². The van der Waals surface area contributed by atoms with Gasteiger partial charge in [-0.2, -0.15) is 5.21 Å². The molecule has 3 N–H and O–H groups in total. The summed E-state index contributed by atoms with van der Waals surface area (Å²) in [6.07, 6.45) is 0. The molecule has 0 atom stereocenters. The van der Waals surface area contributed by atoms with E-state index in [0.29, 0.717) is 0 Å². The molecular weight excluding hydrogens is 284 g/mol. The number of aromatic nitrogens is 4. The highest BCUT2D eigenvalue weighted by molar-refractivity contribution is 5.88. The Balaban J connectivity index is 2.14. The van der Waals surface area contributed by atoms with Gasteiger partial charge in [-0.3, -0.25) is 0 Å². The summed E-state index contributed by atoms with van der Waals surface area (Å²) in [7, 11) is 0. The molecule has 10 nitrogen and oxygen atoms in total. The molecular formula is C11H10N4O6. The Hall–Kier alpha value is -3.17. The molecule has 0 spiro atoms. The number of hydrogen-bond donors (Lipinski definition) is 3. The molecule has 0 aliphatic heterocycles. The number of aromatic carboxylic acids is 1. The third kappa shape index (κ3) is 4.16. The van der Waals surface area contributed by atoms with Crippen molar-refractivity contribution in [2.75, 3.05) is 6.61 Å². The lowest BCUT2D eigenvalue weighted by Gasteiger charge is -2.09. The maximum atomic E-state index is 11.0. The fourth-order valence-corrected chi connectivity index (χ4v) is 1.40. The smallest absolute Gasteiger partial charge is 0.341 e. The molecule has 0 aliphatic carbocycles. The van der Waals surface area contributed by atoms with E-state index in [9.17, 15) is 9.59 Å². The summed E-state index contributed by atoms with van der Waals surface area (Å²) < 4.78 is 10.3. The average molecular weight is 294 g/mol. The average Bonchev–Trinajstić information content (AvgIpc) is 2.96. The lowest BCUT2D eigenvalue weighted by atomic mass is 10.2. The van der Waals surface area contributed by atoms with Crippen LogP contribution in [0.1, 0.15) is 16.2 Å². The standard InChI is InChI=1S/C11H10N4O6/c16-10(17)5-21-8-2-6(11(18)19)1-7(3-8)20-4-9-12-14-15-13-9/h1-3H,4-5H2,(H,16,17)(H,18,19)(H,12,13,14,15). The second-order valence-electron chi connectivity index (χ2n) is 3.80. The van der Waals surface area contributed by atoms with E-state index in [0.717, 1.165) is 0 Å². The van der Waals surface area contributed by atoms with Gasteiger partial charge in [0.1, 0.15) is 11.5 Å². The molecule has 0 fully saturated rings. The van der Waals surface area contributed by atoms with E-state index in [1.807, 2.05) is 0 Å². The molecule has 0 saturated carbocycles. The number of carboxylic acid groups (broad SMARTS) is 2. The molecule has 10 heteroatoms. The molecule has 0 unspecified atom stereocenters. The van der Waals surface area contributed by atoms with Crippen LogP contribution in [0.25, 0.3) is 0 Å². The van der Waals surface area contributed by atoms with E-state index in [-0.39, 0.29) is 29.5 Å². The van der Waals surface area contributed by atoms with Crippen LogP contribution in [0.2, 0.25) is 0 Å². The van der Waals surface area contributed by atoms with Crippen LogP contribution in [0.3, 0.4) is 0 Å². The first-order chi connectivity index (χ1) is 10.0. The van der Waals surface area contributed by atoms with Crippen LogP contribution in [0.5, 0.6) is 11.5 Å². The zero-order valence-electron chi connectivity index (χ0n) is 10.5.